The molecule has 0 N–H and O–H groups in total. The number of carbonyl (C=O) groups is 1. The van der Waals surface area contributed by atoms with Crippen LogP contribution in [0.15, 0.2) is 30.3 Å². The van der Waals surface area contributed by atoms with Gasteiger partial charge in [0.15, 0.2) is 0 Å². The molecule has 2 aliphatic heterocycles. The molecule has 1 unspecified atom stereocenters. The standard InChI is InChI=1S/C18H24BrNO/c19-11-10-17(16-4-2-1-3-5-16)18(21)20-12-14-6-7-15(13-20)9-8-14/h1-5,14-15,17H,6-13H2. The summed E-state index contributed by atoms with van der Waals surface area (Å²) in [5.41, 5.74) is 1.17. The number of carbonyl (C=O) groups excluding carboxylic acids is 1. The highest BCUT2D eigenvalue weighted by Crippen LogP contribution is 2.35. The minimum absolute atomic E-state index is 0.0167. The van der Waals surface area contributed by atoms with Crippen LogP contribution in [0, 0.1) is 11.8 Å². The number of rotatable bonds is 4. The molecule has 2 heterocycles. The van der Waals surface area contributed by atoms with Crippen LogP contribution in [-0.4, -0.2) is 29.2 Å². The number of hydrogen-bond acceptors (Lipinski definition) is 1. The summed E-state index contributed by atoms with van der Waals surface area (Å²) in [5.74, 6) is 1.85. The van der Waals surface area contributed by atoms with E-state index in [0.29, 0.717) is 5.91 Å². The van der Waals surface area contributed by atoms with Crippen molar-refractivity contribution in [2.75, 3.05) is 18.4 Å². The Kier molecular flexibility index (Phi) is 4.99. The maximum Gasteiger partial charge on any atom is 0.230 e. The summed E-state index contributed by atoms with van der Waals surface area (Å²) in [5, 5.41) is 0.874. The van der Waals surface area contributed by atoms with Crippen molar-refractivity contribution in [1.29, 1.82) is 0 Å². The minimum Gasteiger partial charge on any atom is -0.342 e. The topological polar surface area (TPSA) is 20.3 Å². The summed E-state index contributed by atoms with van der Waals surface area (Å²) in [7, 11) is 0. The van der Waals surface area contributed by atoms with Crippen LogP contribution in [0.2, 0.25) is 0 Å². The first-order valence-electron chi connectivity index (χ1n) is 8.17. The number of alkyl halides is 1. The largest absolute Gasteiger partial charge is 0.342 e. The fourth-order valence-electron chi connectivity index (χ4n) is 3.92. The molecule has 2 bridgehead atoms. The summed E-state index contributed by atoms with van der Waals surface area (Å²) in [6.07, 6.45) is 6.17. The summed E-state index contributed by atoms with van der Waals surface area (Å²) < 4.78 is 0. The van der Waals surface area contributed by atoms with Gasteiger partial charge in [-0.3, -0.25) is 4.79 Å². The van der Waals surface area contributed by atoms with Crippen molar-refractivity contribution in [2.24, 2.45) is 11.8 Å². The quantitative estimate of drug-likeness (QED) is 0.745. The predicted molar refractivity (Wildman–Crippen MR) is 89.6 cm³/mol. The molecule has 1 saturated carbocycles. The smallest absolute Gasteiger partial charge is 0.230 e. The average molecular weight is 350 g/mol. The lowest BCUT2D eigenvalue weighted by Crippen LogP contribution is -2.38. The van der Waals surface area contributed by atoms with Crippen molar-refractivity contribution in [3.8, 4) is 0 Å². The first-order chi connectivity index (χ1) is 10.3. The molecule has 1 aromatic rings. The van der Waals surface area contributed by atoms with Crippen molar-refractivity contribution in [1.82, 2.24) is 4.90 Å². The van der Waals surface area contributed by atoms with Gasteiger partial charge in [0.25, 0.3) is 0 Å². The zero-order valence-corrected chi connectivity index (χ0v) is 14.1. The van der Waals surface area contributed by atoms with Gasteiger partial charge in [0.1, 0.15) is 0 Å². The third-order valence-electron chi connectivity index (χ3n) is 5.13. The van der Waals surface area contributed by atoms with E-state index in [-0.39, 0.29) is 5.92 Å². The third-order valence-corrected chi connectivity index (χ3v) is 5.59. The molecule has 2 nitrogen and oxygen atoms in total. The molecule has 0 radical (unpaired) electrons. The monoisotopic (exact) mass is 349 g/mol. The van der Waals surface area contributed by atoms with E-state index in [9.17, 15) is 4.79 Å². The first-order valence-corrected chi connectivity index (χ1v) is 9.29. The van der Waals surface area contributed by atoms with Crippen molar-refractivity contribution in [2.45, 2.75) is 38.0 Å². The molecule has 1 atom stereocenters. The van der Waals surface area contributed by atoms with Crippen molar-refractivity contribution < 1.29 is 4.79 Å². The number of amides is 1. The highest BCUT2D eigenvalue weighted by Gasteiger charge is 2.34. The van der Waals surface area contributed by atoms with Crippen LogP contribution in [0.4, 0.5) is 0 Å². The van der Waals surface area contributed by atoms with E-state index in [0.717, 1.165) is 36.7 Å². The van der Waals surface area contributed by atoms with E-state index in [4.69, 9.17) is 0 Å². The maximum absolute atomic E-state index is 13.1. The van der Waals surface area contributed by atoms with Crippen LogP contribution in [-0.2, 0) is 4.79 Å². The number of benzene rings is 1. The molecule has 21 heavy (non-hydrogen) atoms. The fraction of sp³-hybridized carbons (Fsp3) is 0.611. The average Bonchev–Trinajstić information content (AvgIpc) is 2.86. The Bertz CT molecular complexity index is 453. The Labute approximate surface area is 136 Å². The van der Waals surface area contributed by atoms with Crippen LogP contribution in [0.5, 0.6) is 0 Å². The molecule has 1 aliphatic carbocycles. The zero-order chi connectivity index (χ0) is 14.7. The Morgan fingerprint density at radius 2 is 1.67 bits per heavy atom. The first kappa shape index (κ1) is 15.1. The van der Waals surface area contributed by atoms with Gasteiger partial charge in [0.2, 0.25) is 5.91 Å². The molecular weight excluding hydrogens is 326 g/mol. The fourth-order valence-corrected chi connectivity index (χ4v) is 4.38. The summed E-state index contributed by atoms with van der Waals surface area (Å²) in [4.78, 5) is 15.2. The van der Waals surface area contributed by atoms with Gasteiger partial charge in [-0.1, -0.05) is 46.3 Å². The Balaban J connectivity index is 1.77. The van der Waals surface area contributed by atoms with Crippen LogP contribution in [0.1, 0.15) is 43.6 Å². The second-order valence-corrected chi connectivity index (χ2v) is 7.36. The zero-order valence-electron chi connectivity index (χ0n) is 12.5. The number of nitrogens with zero attached hydrogens (tertiary/aromatic N) is 1. The van der Waals surface area contributed by atoms with Gasteiger partial charge in [-0.15, -0.1) is 0 Å². The SMILES string of the molecule is O=C(C(CCBr)c1ccccc1)N1CC2CCC(CC2)C1. The molecule has 1 aromatic carbocycles. The molecular formula is C18H24BrNO. The van der Waals surface area contributed by atoms with Crippen LogP contribution in [0.3, 0.4) is 0 Å². The lowest BCUT2D eigenvalue weighted by Gasteiger charge is -2.27. The lowest BCUT2D eigenvalue weighted by molar-refractivity contribution is -0.133. The summed E-state index contributed by atoms with van der Waals surface area (Å²) in [6.45, 7) is 1.97. The Morgan fingerprint density at radius 1 is 1.10 bits per heavy atom. The maximum atomic E-state index is 13.1. The molecule has 114 valence electrons. The van der Waals surface area contributed by atoms with Crippen LogP contribution in [0.25, 0.3) is 0 Å². The van der Waals surface area contributed by atoms with E-state index < -0.39 is 0 Å². The van der Waals surface area contributed by atoms with Gasteiger partial charge < -0.3 is 4.90 Å². The van der Waals surface area contributed by atoms with E-state index in [1.807, 2.05) is 18.2 Å². The van der Waals surface area contributed by atoms with Gasteiger partial charge in [-0.2, -0.15) is 0 Å². The molecule has 1 amide bonds. The molecule has 2 saturated heterocycles. The molecule has 3 fully saturated rings. The number of fused-ring (bicyclic) bond motifs is 4. The molecule has 0 spiro atoms. The third kappa shape index (κ3) is 3.50. The van der Waals surface area contributed by atoms with Crippen LogP contribution < -0.4 is 0 Å². The van der Waals surface area contributed by atoms with Gasteiger partial charge in [0.05, 0.1) is 5.92 Å². The van der Waals surface area contributed by atoms with Crippen molar-refractivity contribution in [3.05, 3.63) is 35.9 Å². The van der Waals surface area contributed by atoms with Crippen LogP contribution >= 0.6 is 15.9 Å². The highest BCUT2D eigenvalue weighted by atomic mass is 79.9. The second kappa shape index (κ2) is 6.95. The molecule has 4 rings (SSSR count). The molecule has 3 aliphatic rings. The lowest BCUT2D eigenvalue weighted by atomic mass is 9.84. The molecule has 0 aromatic heterocycles. The van der Waals surface area contributed by atoms with Crippen molar-refractivity contribution >= 4 is 21.8 Å². The van der Waals surface area contributed by atoms with E-state index in [2.05, 4.69) is 33.0 Å². The Hall–Kier alpha value is -0.830. The number of hydrogen-bond donors (Lipinski definition) is 0. The normalized spacial score (nSPS) is 26.4. The highest BCUT2D eigenvalue weighted by molar-refractivity contribution is 9.09. The minimum atomic E-state index is 0.0167. The van der Waals surface area contributed by atoms with Gasteiger partial charge in [0, 0.05) is 18.4 Å². The van der Waals surface area contributed by atoms with Gasteiger partial charge in [-0.25, -0.2) is 0 Å². The second-order valence-electron chi connectivity index (χ2n) is 6.57. The Morgan fingerprint density at radius 3 is 2.19 bits per heavy atom. The van der Waals surface area contributed by atoms with Gasteiger partial charge >= 0.3 is 0 Å². The van der Waals surface area contributed by atoms with E-state index in [1.165, 1.54) is 31.2 Å². The summed E-state index contributed by atoms with van der Waals surface area (Å²) in [6, 6.07) is 10.3. The van der Waals surface area contributed by atoms with E-state index in [1.54, 1.807) is 0 Å². The van der Waals surface area contributed by atoms with Crippen molar-refractivity contribution in [3.63, 3.8) is 0 Å². The van der Waals surface area contributed by atoms with E-state index >= 15 is 0 Å². The molecule has 3 heteroatoms. The predicted octanol–water partition coefficient (Wildman–Crippen LogP) is 4.20. The summed E-state index contributed by atoms with van der Waals surface area (Å²) >= 11 is 3.52. The number of halogens is 1. The van der Waals surface area contributed by atoms with Gasteiger partial charge in [-0.05, 0) is 49.5 Å².